The predicted molar refractivity (Wildman–Crippen MR) is 82.3 cm³/mol. The molecule has 6 heteroatoms. The van der Waals surface area contributed by atoms with Crippen molar-refractivity contribution in [2.75, 3.05) is 6.61 Å². The summed E-state index contributed by atoms with van der Waals surface area (Å²) in [5.74, 6) is -0.967. The molecule has 0 bridgehead atoms. The van der Waals surface area contributed by atoms with Gasteiger partial charge in [0.25, 0.3) is 0 Å². The highest BCUT2D eigenvalue weighted by molar-refractivity contribution is 6.05. The number of nitrogens with one attached hydrogen (secondary N) is 1. The number of rotatable bonds is 5. The zero-order valence-electron chi connectivity index (χ0n) is 13.1. The summed E-state index contributed by atoms with van der Waals surface area (Å²) in [6.45, 7) is 3.18. The van der Waals surface area contributed by atoms with Gasteiger partial charge in [-0.1, -0.05) is 36.4 Å². The average Bonchev–Trinajstić information content (AvgIpc) is 2.94. The number of hydrogen-bond acceptors (Lipinski definition) is 5. The largest absolute Gasteiger partial charge is 0.465 e. The lowest BCUT2D eigenvalue weighted by molar-refractivity contribution is -0.152. The van der Waals surface area contributed by atoms with Crippen molar-refractivity contribution in [2.45, 2.75) is 26.3 Å². The van der Waals surface area contributed by atoms with Crippen molar-refractivity contribution in [3.8, 4) is 0 Å². The number of ketones is 1. The van der Waals surface area contributed by atoms with Crippen molar-refractivity contribution in [3.63, 3.8) is 0 Å². The molecule has 1 unspecified atom stereocenters. The first-order valence-electron chi connectivity index (χ1n) is 7.34. The number of Topliss-reactive ketones (excluding diaryl/α,β-unsaturated/α-hetero) is 1. The Balaban J connectivity index is 2.42. The van der Waals surface area contributed by atoms with E-state index in [-0.39, 0.29) is 18.8 Å². The molecule has 1 saturated heterocycles. The maximum atomic E-state index is 12.3. The highest BCUT2D eigenvalue weighted by Gasteiger charge is 2.55. The van der Waals surface area contributed by atoms with Crippen LogP contribution in [0, 0.1) is 5.41 Å². The number of carbonyl (C=O) groups excluding carboxylic acids is 3. The molecule has 1 aliphatic rings. The molecule has 1 aromatic carbocycles. The molecular formula is C17H19NO5. The van der Waals surface area contributed by atoms with E-state index in [1.54, 1.807) is 37.3 Å². The van der Waals surface area contributed by atoms with Crippen molar-refractivity contribution in [2.24, 2.45) is 5.41 Å². The Hall–Kier alpha value is -2.63. The fraction of sp³-hybridized carbons (Fsp3) is 0.353. The summed E-state index contributed by atoms with van der Waals surface area (Å²) in [6.07, 6.45) is 2.26. The van der Waals surface area contributed by atoms with Gasteiger partial charge in [-0.05, 0) is 19.4 Å². The standard InChI is InChI=1S/C17H19NO5/c1-3-10-23-16(21)18-14(13-7-5-4-6-8-13)17(12(2)19)9-11-22-15(17)20/h3-8,10,14H,9,11H2,1-2H3,(H,18,21)/b10-3+/t14?,17-/m1/s1. The second kappa shape index (κ2) is 7.09. The van der Waals surface area contributed by atoms with Gasteiger partial charge in [-0.25, -0.2) is 4.79 Å². The molecule has 23 heavy (non-hydrogen) atoms. The minimum Gasteiger partial charge on any atom is -0.465 e. The number of cyclic esters (lactones) is 1. The van der Waals surface area contributed by atoms with Gasteiger partial charge >= 0.3 is 12.1 Å². The quantitative estimate of drug-likeness (QED) is 0.512. The maximum Gasteiger partial charge on any atom is 0.412 e. The van der Waals surface area contributed by atoms with E-state index in [0.717, 1.165) is 0 Å². The predicted octanol–water partition coefficient (Wildman–Crippen LogP) is 2.51. The normalized spacial score (nSPS) is 21.7. The molecule has 6 nitrogen and oxygen atoms in total. The van der Waals surface area contributed by atoms with Gasteiger partial charge < -0.3 is 14.8 Å². The third kappa shape index (κ3) is 3.26. The highest BCUT2D eigenvalue weighted by atomic mass is 16.5. The van der Waals surface area contributed by atoms with Gasteiger partial charge in [-0.3, -0.25) is 9.59 Å². The van der Waals surface area contributed by atoms with E-state index >= 15 is 0 Å². The molecule has 2 rings (SSSR count). The Bertz CT molecular complexity index is 625. The van der Waals surface area contributed by atoms with Crippen LogP contribution in [0.4, 0.5) is 4.79 Å². The van der Waals surface area contributed by atoms with E-state index in [1.165, 1.54) is 13.2 Å². The van der Waals surface area contributed by atoms with E-state index in [2.05, 4.69) is 5.32 Å². The first-order valence-corrected chi connectivity index (χ1v) is 7.34. The summed E-state index contributed by atoms with van der Waals surface area (Å²) in [4.78, 5) is 36.5. The van der Waals surface area contributed by atoms with Crippen LogP contribution < -0.4 is 5.32 Å². The van der Waals surface area contributed by atoms with Gasteiger partial charge in [0.15, 0.2) is 5.41 Å². The SMILES string of the molecule is C/C=C/OC(=O)NC(c1ccccc1)[C@]1(C(C)=O)CCOC1=O. The summed E-state index contributed by atoms with van der Waals surface area (Å²) in [7, 11) is 0. The lowest BCUT2D eigenvalue weighted by atomic mass is 9.73. The molecule has 0 aromatic heterocycles. The van der Waals surface area contributed by atoms with Crippen LogP contribution >= 0.6 is 0 Å². The molecule has 0 saturated carbocycles. The number of amides is 1. The number of hydrogen-bond donors (Lipinski definition) is 1. The molecule has 1 aliphatic heterocycles. The fourth-order valence-electron chi connectivity index (χ4n) is 2.74. The lowest BCUT2D eigenvalue weighted by Gasteiger charge is -2.32. The molecule has 1 fully saturated rings. The molecule has 1 amide bonds. The summed E-state index contributed by atoms with van der Waals surface area (Å²) in [5.41, 5.74) is -0.796. The average molecular weight is 317 g/mol. The summed E-state index contributed by atoms with van der Waals surface area (Å²) in [6, 6.07) is 8.00. The molecule has 0 aliphatic carbocycles. The Kier molecular flexibility index (Phi) is 5.16. The minimum atomic E-state index is -1.43. The zero-order chi connectivity index (χ0) is 16.9. The number of alkyl carbamates (subject to hydrolysis) is 1. The smallest absolute Gasteiger partial charge is 0.412 e. The van der Waals surface area contributed by atoms with Crippen LogP contribution in [0.1, 0.15) is 31.9 Å². The number of ether oxygens (including phenoxy) is 2. The van der Waals surface area contributed by atoms with Crippen LogP contribution in [0.5, 0.6) is 0 Å². The van der Waals surface area contributed by atoms with Crippen LogP contribution in [0.2, 0.25) is 0 Å². The summed E-state index contributed by atoms with van der Waals surface area (Å²) in [5, 5.41) is 2.63. The highest BCUT2D eigenvalue weighted by Crippen LogP contribution is 2.43. The molecule has 122 valence electrons. The van der Waals surface area contributed by atoms with Gasteiger partial charge in [0.2, 0.25) is 0 Å². The summed E-state index contributed by atoms with van der Waals surface area (Å²) < 4.78 is 9.90. The van der Waals surface area contributed by atoms with E-state index in [4.69, 9.17) is 9.47 Å². The Morgan fingerprint density at radius 3 is 2.57 bits per heavy atom. The van der Waals surface area contributed by atoms with Crippen LogP contribution in [0.3, 0.4) is 0 Å². The van der Waals surface area contributed by atoms with Crippen molar-refractivity contribution in [3.05, 3.63) is 48.2 Å². The van der Waals surface area contributed by atoms with Crippen molar-refractivity contribution in [1.29, 1.82) is 0 Å². The number of allylic oxidation sites excluding steroid dienone is 1. The number of esters is 1. The van der Waals surface area contributed by atoms with Gasteiger partial charge in [0.1, 0.15) is 5.78 Å². The first-order chi connectivity index (χ1) is 11.0. The zero-order valence-corrected chi connectivity index (χ0v) is 13.1. The molecule has 1 N–H and O–H groups in total. The van der Waals surface area contributed by atoms with Gasteiger partial charge in [0.05, 0.1) is 18.9 Å². The first kappa shape index (κ1) is 16.7. The maximum absolute atomic E-state index is 12.3. The third-order valence-corrected chi connectivity index (χ3v) is 3.92. The Morgan fingerprint density at radius 1 is 1.35 bits per heavy atom. The third-order valence-electron chi connectivity index (χ3n) is 3.92. The van der Waals surface area contributed by atoms with E-state index < -0.39 is 23.5 Å². The molecule has 1 aromatic rings. The second-order valence-electron chi connectivity index (χ2n) is 5.28. The second-order valence-corrected chi connectivity index (χ2v) is 5.28. The van der Waals surface area contributed by atoms with Crippen LogP contribution in [-0.4, -0.2) is 24.5 Å². The van der Waals surface area contributed by atoms with E-state index in [9.17, 15) is 14.4 Å². The Labute approximate surface area is 134 Å². The summed E-state index contributed by atoms with van der Waals surface area (Å²) >= 11 is 0. The van der Waals surface area contributed by atoms with Gasteiger partial charge in [0, 0.05) is 6.42 Å². The lowest BCUT2D eigenvalue weighted by Crippen LogP contribution is -2.48. The number of carbonyl (C=O) groups is 3. The monoisotopic (exact) mass is 317 g/mol. The molecule has 0 spiro atoms. The van der Waals surface area contributed by atoms with Gasteiger partial charge in [-0.2, -0.15) is 0 Å². The molecular weight excluding hydrogens is 298 g/mol. The molecule has 2 atom stereocenters. The Morgan fingerprint density at radius 2 is 2.04 bits per heavy atom. The van der Waals surface area contributed by atoms with E-state index in [0.29, 0.717) is 5.56 Å². The fourth-order valence-corrected chi connectivity index (χ4v) is 2.74. The van der Waals surface area contributed by atoms with Crippen LogP contribution in [0.15, 0.2) is 42.7 Å². The van der Waals surface area contributed by atoms with Crippen molar-refractivity contribution >= 4 is 17.8 Å². The van der Waals surface area contributed by atoms with Crippen LogP contribution in [-0.2, 0) is 19.1 Å². The molecule has 0 radical (unpaired) electrons. The van der Waals surface area contributed by atoms with Crippen LogP contribution in [0.25, 0.3) is 0 Å². The van der Waals surface area contributed by atoms with Crippen molar-refractivity contribution < 1.29 is 23.9 Å². The minimum absolute atomic E-state index is 0.146. The number of benzene rings is 1. The topological polar surface area (TPSA) is 81.7 Å². The molecule has 1 heterocycles. The van der Waals surface area contributed by atoms with Crippen molar-refractivity contribution in [1.82, 2.24) is 5.32 Å². The van der Waals surface area contributed by atoms with E-state index in [1.807, 2.05) is 6.07 Å². The van der Waals surface area contributed by atoms with Gasteiger partial charge in [-0.15, -0.1) is 0 Å².